The van der Waals surface area contributed by atoms with Crippen LogP contribution in [0.5, 0.6) is 0 Å². The van der Waals surface area contributed by atoms with E-state index in [1.54, 1.807) is 0 Å². The van der Waals surface area contributed by atoms with Gasteiger partial charge < -0.3 is 10.2 Å². The summed E-state index contributed by atoms with van der Waals surface area (Å²) in [5, 5.41) is 12.1. The van der Waals surface area contributed by atoms with Gasteiger partial charge in [0.25, 0.3) is 0 Å². The number of nitriles is 1. The Morgan fingerprint density at radius 1 is 1.50 bits per heavy atom. The lowest BCUT2D eigenvalue weighted by Crippen LogP contribution is -2.37. The van der Waals surface area contributed by atoms with Crippen LogP contribution in [-0.4, -0.2) is 37.6 Å². The molecule has 0 saturated carbocycles. The maximum Gasteiger partial charge on any atom is 0.0950 e. The number of hydrogen-bond acceptors (Lipinski definition) is 3. The highest BCUT2D eigenvalue weighted by Crippen LogP contribution is 2.14. The van der Waals surface area contributed by atoms with Gasteiger partial charge in [0.1, 0.15) is 0 Å². The summed E-state index contributed by atoms with van der Waals surface area (Å²) in [4.78, 5) is 2.37. The second kappa shape index (κ2) is 6.00. The van der Waals surface area contributed by atoms with Crippen molar-refractivity contribution in [3.05, 3.63) is 0 Å². The zero-order chi connectivity index (χ0) is 10.4. The van der Waals surface area contributed by atoms with Crippen LogP contribution in [0.4, 0.5) is 0 Å². The van der Waals surface area contributed by atoms with E-state index in [0.717, 1.165) is 18.9 Å². The van der Waals surface area contributed by atoms with E-state index in [1.807, 2.05) is 0 Å². The minimum atomic E-state index is 0.0506. The molecule has 1 aliphatic rings. The van der Waals surface area contributed by atoms with Crippen LogP contribution in [0.1, 0.15) is 26.2 Å². The first-order chi connectivity index (χ1) is 6.76. The average Bonchev–Trinajstić information content (AvgIpc) is 2.22. The molecule has 0 aromatic heterocycles. The lowest BCUT2D eigenvalue weighted by atomic mass is 9.97. The van der Waals surface area contributed by atoms with E-state index in [1.165, 1.54) is 25.9 Å². The number of rotatable bonds is 4. The van der Waals surface area contributed by atoms with E-state index < -0.39 is 0 Å². The van der Waals surface area contributed by atoms with Crippen LogP contribution in [0, 0.1) is 17.2 Å². The zero-order valence-electron chi connectivity index (χ0n) is 9.29. The summed E-state index contributed by atoms with van der Waals surface area (Å²) >= 11 is 0. The number of piperidine rings is 1. The molecule has 0 aromatic carbocycles. The van der Waals surface area contributed by atoms with Crippen molar-refractivity contribution in [1.82, 2.24) is 10.2 Å². The summed E-state index contributed by atoms with van der Waals surface area (Å²) in [5.74, 6) is 0.772. The minimum absolute atomic E-state index is 0.0506. The normalized spacial score (nSPS) is 21.8. The smallest absolute Gasteiger partial charge is 0.0950 e. The summed E-state index contributed by atoms with van der Waals surface area (Å²) in [6.45, 7) is 5.47. The van der Waals surface area contributed by atoms with Gasteiger partial charge in [-0.15, -0.1) is 0 Å². The predicted molar refractivity (Wildman–Crippen MR) is 57.9 cm³/mol. The van der Waals surface area contributed by atoms with E-state index in [4.69, 9.17) is 5.26 Å². The molecule has 3 heteroatoms. The maximum absolute atomic E-state index is 8.78. The van der Waals surface area contributed by atoms with Gasteiger partial charge in [0.2, 0.25) is 0 Å². The van der Waals surface area contributed by atoms with Crippen molar-refractivity contribution in [2.75, 3.05) is 26.7 Å². The molecule has 1 unspecified atom stereocenters. The Bertz CT molecular complexity index is 189. The van der Waals surface area contributed by atoms with E-state index in [2.05, 4.69) is 30.3 Å². The van der Waals surface area contributed by atoms with E-state index in [-0.39, 0.29) is 6.04 Å². The predicted octanol–water partition coefficient (Wildman–Crippen LogP) is 1.22. The summed E-state index contributed by atoms with van der Waals surface area (Å²) in [7, 11) is 2.17. The maximum atomic E-state index is 8.78. The fourth-order valence-electron chi connectivity index (χ4n) is 1.86. The van der Waals surface area contributed by atoms with E-state index in [0.29, 0.717) is 0 Å². The number of nitrogens with one attached hydrogen (secondary N) is 1. The molecule has 3 nitrogen and oxygen atoms in total. The van der Waals surface area contributed by atoms with Gasteiger partial charge in [0.05, 0.1) is 12.1 Å². The summed E-state index contributed by atoms with van der Waals surface area (Å²) in [5.41, 5.74) is 0. The first-order valence-electron chi connectivity index (χ1n) is 5.57. The minimum Gasteiger partial charge on any atom is -0.306 e. The van der Waals surface area contributed by atoms with Gasteiger partial charge in [-0.05, 0) is 51.9 Å². The Morgan fingerprint density at radius 2 is 2.14 bits per heavy atom. The van der Waals surface area contributed by atoms with Crippen molar-refractivity contribution in [1.29, 1.82) is 5.26 Å². The topological polar surface area (TPSA) is 39.1 Å². The van der Waals surface area contributed by atoms with Crippen LogP contribution in [0.15, 0.2) is 0 Å². The SMILES string of the molecule is CCC(C#N)NCC1CCN(C)CC1. The van der Waals surface area contributed by atoms with Gasteiger partial charge in [0, 0.05) is 0 Å². The third-order valence-corrected chi connectivity index (χ3v) is 3.06. The fourth-order valence-corrected chi connectivity index (χ4v) is 1.86. The Morgan fingerprint density at radius 3 is 2.64 bits per heavy atom. The number of hydrogen-bond donors (Lipinski definition) is 1. The molecular formula is C11H21N3. The Balaban J connectivity index is 2.16. The third-order valence-electron chi connectivity index (χ3n) is 3.06. The third kappa shape index (κ3) is 3.65. The second-order valence-electron chi connectivity index (χ2n) is 4.24. The lowest BCUT2D eigenvalue weighted by Gasteiger charge is -2.29. The molecule has 0 spiro atoms. The van der Waals surface area contributed by atoms with E-state index >= 15 is 0 Å². The van der Waals surface area contributed by atoms with Crippen LogP contribution < -0.4 is 5.32 Å². The molecule has 1 rings (SSSR count). The van der Waals surface area contributed by atoms with Gasteiger partial charge in [-0.3, -0.25) is 0 Å². The van der Waals surface area contributed by atoms with Crippen molar-refractivity contribution >= 4 is 0 Å². The molecule has 1 heterocycles. The standard InChI is InChI=1S/C11H21N3/c1-3-11(8-12)13-9-10-4-6-14(2)7-5-10/h10-11,13H,3-7,9H2,1-2H3. The molecule has 14 heavy (non-hydrogen) atoms. The fraction of sp³-hybridized carbons (Fsp3) is 0.909. The summed E-state index contributed by atoms with van der Waals surface area (Å²) in [6, 6.07) is 2.33. The lowest BCUT2D eigenvalue weighted by molar-refractivity contribution is 0.214. The molecule has 1 aliphatic heterocycles. The van der Waals surface area contributed by atoms with Crippen molar-refractivity contribution in [3.63, 3.8) is 0 Å². The molecule has 1 fully saturated rings. The molecule has 0 bridgehead atoms. The Labute approximate surface area is 87.1 Å². The summed E-state index contributed by atoms with van der Waals surface area (Å²) < 4.78 is 0. The van der Waals surface area contributed by atoms with Crippen LogP contribution >= 0.6 is 0 Å². The molecule has 1 saturated heterocycles. The van der Waals surface area contributed by atoms with Crippen LogP contribution in [-0.2, 0) is 0 Å². The molecular weight excluding hydrogens is 174 g/mol. The Hall–Kier alpha value is -0.590. The van der Waals surface area contributed by atoms with Gasteiger partial charge in [-0.2, -0.15) is 5.26 Å². The highest BCUT2D eigenvalue weighted by molar-refractivity contribution is 4.89. The first-order valence-corrected chi connectivity index (χ1v) is 5.57. The molecule has 1 N–H and O–H groups in total. The van der Waals surface area contributed by atoms with Crippen LogP contribution in [0.3, 0.4) is 0 Å². The van der Waals surface area contributed by atoms with Crippen LogP contribution in [0.2, 0.25) is 0 Å². The molecule has 0 amide bonds. The highest BCUT2D eigenvalue weighted by Gasteiger charge is 2.17. The molecule has 0 radical (unpaired) electrons. The Kier molecular flexibility index (Phi) is 4.92. The monoisotopic (exact) mass is 195 g/mol. The van der Waals surface area contributed by atoms with Crippen molar-refractivity contribution < 1.29 is 0 Å². The van der Waals surface area contributed by atoms with Crippen molar-refractivity contribution in [3.8, 4) is 6.07 Å². The quantitative estimate of drug-likeness (QED) is 0.733. The van der Waals surface area contributed by atoms with Gasteiger partial charge in [0.15, 0.2) is 0 Å². The molecule has 80 valence electrons. The number of likely N-dealkylation sites (tertiary alicyclic amines) is 1. The summed E-state index contributed by atoms with van der Waals surface area (Å²) in [6.07, 6.45) is 3.44. The molecule has 0 aliphatic carbocycles. The second-order valence-corrected chi connectivity index (χ2v) is 4.24. The van der Waals surface area contributed by atoms with Crippen molar-refractivity contribution in [2.45, 2.75) is 32.2 Å². The largest absolute Gasteiger partial charge is 0.306 e. The van der Waals surface area contributed by atoms with Gasteiger partial charge in [-0.1, -0.05) is 6.92 Å². The molecule has 1 atom stereocenters. The first kappa shape index (κ1) is 11.5. The highest BCUT2D eigenvalue weighted by atomic mass is 15.1. The van der Waals surface area contributed by atoms with Crippen molar-refractivity contribution in [2.24, 2.45) is 5.92 Å². The number of nitrogens with zero attached hydrogens (tertiary/aromatic N) is 2. The van der Waals surface area contributed by atoms with Gasteiger partial charge in [-0.25, -0.2) is 0 Å². The van der Waals surface area contributed by atoms with E-state index in [9.17, 15) is 0 Å². The zero-order valence-corrected chi connectivity index (χ0v) is 9.29. The molecule has 0 aromatic rings. The van der Waals surface area contributed by atoms with Gasteiger partial charge >= 0.3 is 0 Å². The van der Waals surface area contributed by atoms with Crippen LogP contribution in [0.25, 0.3) is 0 Å². The average molecular weight is 195 g/mol.